The lowest BCUT2D eigenvalue weighted by Gasteiger charge is -2.31. The Morgan fingerprint density at radius 2 is 1.69 bits per heavy atom. The van der Waals surface area contributed by atoms with Crippen LogP contribution in [-0.2, 0) is 22.6 Å². The summed E-state index contributed by atoms with van der Waals surface area (Å²) in [6, 6.07) is 21.9. The minimum absolute atomic E-state index is 0.183. The van der Waals surface area contributed by atoms with Crippen molar-refractivity contribution in [3.63, 3.8) is 0 Å². The maximum Gasteiger partial charge on any atom is 0.261 e. The second-order valence-corrected chi connectivity index (χ2v) is 10.6. The molecule has 0 heterocycles. The molecule has 1 N–H and O–H groups in total. The van der Waals surface area contributed by atoms with Gasteiger partial charge in [-0.2, -0.15) is 0 Å². The van der Waals surface area contributed by atoms with Gasteiger partial charge in [-0.05, 0) is 47.9 Å². The number of carbonyl (C=O) groups is 2. The molecule has 0 aliphatic carbocycles. The topological polar surface area (TPSA) is 58.6 Å². The van der Waals surface area contributed by atoms with Crippen LogP contribution in [0.1, 0.15) is 30.9 Å². The van der Waals surface area contributed by atoms with E-state index in [-0.39, 0.29) is 25.0 Å². The van der Waals surface area contributed by atoms with Gasteiger partial charge in [-0.15, -0.1) is 0 Å². The van der Waals surface area contributed by atoms with E-state index in [0.29, 0.717) is 23.7 Å². The van der Waals surface area contributed by atoms with E-state index >= 15 is 0 Å². The van der Waals surface area contributed by atoms with Crippen LogP contribution in [0, 0.1) is 0 Å². The van der Waals surface area contributed by atoms with Crippen LogP contribution in [0.25, 0.3) is 0 Å². The Bertz CT molecular complexity index is 1160. The number of hydrogen-bond acceptors (Lipinski definition) is 3. The van der Waals surface area contributed by atoms with E-state index in [9.17, 15) is 9.59 Å². The van der Waals surface area contributed by atoms with Gasteiger partial charge in [0, 0.05) is 28.5 Å². The Morgan fingerprint density at radius 3 is 2.39 bits per heavy atom. The summed E-state index contributed by atoms with van der Waals surface area (Å²) in [5.41, 5.74) is 1.87. The van der Waals surface area contributed by atoms with Crippen molar-refractivity contribution >= 4 is 55.3 Å². The average Bonchev–Trinajstić information content (AvgIpc) is 2.86. The highest BCUT2D eigenvalue weighted by atomic mass is 79.9. The van der Waals surface area contributed by atoms with Crippen LogP contribution < -0.4 is 10.1 Å². The second-order valence-electron chi connectivity index (χ2n) is 8.37. The van der Waals surface area contributed by atoms with E-state index in [1.165, 1.54) is 0 Å². The lowest BCUT2D eigenvalue weighted by molar-refractivity contribution is -0.142. The van der Waals surface area contributed by atoms with Crippen LogP contribution in [0.2, 0.25) is 5.02 Å². The lowest BCUT2D eigenvalue weighted by Crippen LogP contribution is -2.51. The maximum atomic E-state index is 13.6. The van der Waals surface area contributed by atoms with Gasteiger partial charge in [0.2, 0.25) is 5.91 Å². The molecule has 2 amide bonds. The third kappa shape index (κ3) is 8.64. The molecule has 0 bridgehead atoms. The molecule has 36 heavy (non-hydrogen) atoms. The van der Waals surface area contributed by atoms with Crippen molar-refractivity contribution in [2.45, 2.75) is 38.8 Å². The summed E-state index contributed by atoms with van der Waals surface area (Å²) >= 11 is 13.2. The summed E-state index contributed by atoms with van der Waals surface area (Å²) in [4.78, 5) is 28.6. The van der Waals surface area contributed by atoms with Gasteiger partial charge in [0.25, 0.3) is 5.91 Å². The third-order valence-electron chi connectivity index (χ3n) is 5.59. The first-order chi connectivity index (χ1) is 17.4. The molecule has 3 aromatic rings. The van der Waals surface area contributed by atoms with E-state index in [0.717, 1.165) is 32.9 Å². The van der Waals surface area contributed by atoms with Crippen molar-refractivity contribution in [1.82, 2.24) is 10.2 Å². The largest absolute Gasteiger partial charge is 0.482 e. The normalized spacial score (nSPS) is 11.6. The number of rotatable bonds is 12. The molecule has 190 valence electrons. The summed E-state index contributed by atoms with van der Waals surface area (Å²) in [5, 5.41) is 3.41. The smallest absolute Gasteiger partial charge is 0.261 e. The van der Waals surface area contributed by atoms with Crippen LogP contribution in [0.5, 0.6) is 5.75 Å². The zero-order valence-electron chi connectivity index (χ0n) is 20.1. The molecule has 0 unspecified atom stereocenters. The van der Waals surface area contributed by atoms with Crippen molar-refractivity contribution in [1.29, 1.82) is 0 Å². The molecule has 5 nitrogen and oxygen atoms in total. The Balaban J connectivity index is 1.89. The number of unbranched alkanes of at least 4 members (excludes halogenated alkanes) is 1. The number of carbonyl (C=O) groups excluding carboxylic acids is 2. The second kappa shape index (κ2) is 14.4. The molecule has 0 aliphatic rings. The Morgan fingerprint density at radius 1 is 0.972 bits per heavy atom. The fraction of sp³-hybridized carbons (Fsp3) is 0.286. The summed E-state index contributed by atoms with van der Waals surface area (Å²) in [7, 11) is 0. The van der Waals surface area contributed by atoms with Crippen molar-refractivity contribution in [2.75, 3.05) is 13.2 Å². The summed E-state index contributed by atoms with van der Waals surface area (Å²) in [6.45, 7) is 2.64. The number of ether oxygens (including phenoxy) is 1. The number of amides is 2. The molecular weight excluding hydrogens is 608 g/mol. The van der Waals surface area contributed by atoms with E-state index in [2.05, 4.69) is 44.1 Å². The first kappa shape index (κ1) is 28.2. The number of halogens is 3. The predicted octanol–water partition coefficient (Wildman–Crippen LogP) is 6.80. The Labute approximate surface area is 234 Å². The van der Waals surface area contributed by atoms with Crippen molar-refractivity contribution in [2.24, 2.45) is 0 Å². The molecule has 0 spiro atoms. The quantitative estimate of drug-likeness (QED) is 0.223. The van der Waals surface area contributed by atoms with E-state index in [1.807, 2.05) is 54.6 Å². The van der Waals surface area contributed by atoms with Gasteiger partial charge < -0.3 is 15.0 Å². The molecule has 8 heteroatoms. The van der Waals surface area contributed by atoms with Crippen LogP contribution in [-0.4, -0.2) is 35.9 Å². The van der Waals surface area contributed by atoms with Gasteiger partial charge in [0.15, 0.2) is 6.61 Å². The van der Waals surface area contributed by atoms with E-state index < -0.39 is 6.04 Å². The monoisotopic (exact) mass is 634 g/mol. The molecule has 0 aromatic heterocycles. The fourth-order valence-electron chi connectivity index (χ4n) is 3.71. The fourth-order valence-corrected chi connectivity index (χ4v) is 4.88. The van der Waals surface area contributed by atoms with Gasteiger partial charge in [0.1, 0.15) is 11.8 Å². The molecule has 0 radical (unpaired) electrons. The van der Waals surface area contributed by atoms with Crippen LogP contribution in [0.3, 0.4) is 0 Å². The minimum atomic E-state index is -0.709. The van der Waals surface area contributed by atoms with Gasteiger partial charge >= 0.3 is 0 Å². The Kier molecular flexibility index (Phi) is 11.3. The summed E-state index contributed by atoms with van der Waals surface area (Å²) in [6.07, 6.45) is 2.22. The Hall–Kier alpha value is -2.35. The summed E-state index contributed by atoms with van der Waals surface area (Å²) in [5.74, 6) is -0.0829. The molecular formula is C28H29Br2ClN2O3. The maximum absolute atomic E-state index is 13.6. The van der Waals surface area contributed by atoms with Crippen molar-refractivity contribution in [3.05, 3.63) is 97.9 Å². The van der Waals surface area contributed by atoms with Crippen molar-refractivity contribution in [3.8, 4) is 5.75 Å². The SMILES string of the molecule is CCCCNC(=O)[C@H](Cc1ccccc1)N(Cc1cccc(Br)c1)C(=O)COc1ccc(Br)cc1Cl. The zero-order chi connectivity index (χ0) is 25.9. The molecule has 0 saturated heterocycles. The van der Waals surface area contributed by atoms with Crippen LogP contribution >= 0.6 is 43.5 Å². The molecule has 0 fully saturated rings. The third-order valence-corrected chi connectivity index (χ3v) is 6.87. The lowest BCUT2D eigenvalue weighted by atomic mass is 10.0. The van der Waals surface area contributed by atoms with Crippen LogP contribution in [0.15, 0.2) is 81.7 Å². The van der Waals surface area contributed by atoms with Gasteiger partial charge in [-0.3, -0.25) is 9.59 Å². The minimum Gasteiger partial charge on any atom is -0.482 e. The van der Waals surface area contributed by atoms with Gasteiger partial charge in [-0.25, -0.2) is 0 Å². The molecule has 1 atom stereocenters. The predicted molar refractivity (Wildman–Crippen MR) is 151 cm³/mol. The highest BCUT2D eigenvalue weighted by Crippen LogP contribution is 2.28. The number of nitrogens with one attached hydrogen (secondary N) is 1. The number of nitrogens with zero attached hydrogens (tertiary/aromatic N) is 1. The summed E-state index contributed by atoms with van der Waals surface area (Å²) < 4.78 is 7.50. The van der Waals surface area contributed by atoms with E-state index in [1.54, 1.807) is 23.1 Å². The van der Waals surface area contributed by atoms with Crippen LogP contribution in [0.4, 0.5) is 0 Å². The highest BCUT2D eigenvalue weighted by Gasteiger charge is 2.30. The van der Waals surface area contributed by atoms with Crippen molar-refractivity contribution < 1.29 is 14.3 Å². The standard InChI is InChI=1S/C28H29Br2ClN2O3/c1-2-3-14-32-28(35)25(16-20-8-5-4-6-9-20)33(18-21-10-7-11-22(29)15-21)27(34)19-36-26-13-12-23(30)17-24(26)31/h4-13,15,17,25H,2-3,14,16,18-19H2,1H3,(H,32,35)/t25-/m0/s1. The zero-order valence-corrected chi connectivity index (χ0v) is 24.0. The van der Waals surface area contributed by atoms with Gasteiger partial charge in [0.05, 0.1) is 5.02 Å². The molecule has 3 aromatic carbocycles. The van der Waals surface area contributed by atoms with Gasteiger partial charge in [-0.1, -0.05) is 99.3 Å². The molecule has 0 saturated carbocycles. The average molecular weight is 637 g/mol. The van der Waals surface area contributed by atoms with E-state index in [4.69, 9.17) is 16.3 Å². The molecule has 0 aliphatic heterocycles. The molecule has 3 rings (SSSR count). The first-order valence-electron chi connectivity index (χ1n) is 11.8. The number of hydrogen-bond donors (Lipinski definition) is 1. The highest BCUT2D eigenvalue weighted by molar-refractivity contribution is 9.10. The first-order valence-corrected chi connectivity index (χ1v) is 13.8. The number of benzene rings is 3.